The molecule has 6 heteroatoms. The molecule has 0 aliphatic heterocycles. The Labute approximate surface area is 105 Å². The minimum atomic E-state index is -0.488. The normalized spacial score (nSPS) is 10.6. The maximum absolute atomic E-state index is 11.5. The molecular weight excluding hydrogens is 234 g/mol. The van der Waals surface area contributed by atoms with Gasteiger partial charge in [-0.2, -0.15) is 0 Å². The van der Waals surface area contributed by atoms with E-state index in [-0.39, 0.29) is 18.9 Å². The van der Waals surface area contributed by atoms with Crippen molar-refractivity contribution >= 4 is 5.91 Å². The molecule has 0 aliphatic carbocycles. The maximum atomic E-state index is 11.5. The summed E-state index contributed by atoms with van der Waals surface area (Å²) >= 11 is 0. The molecule has 1 rings (SSSR count). The predicted octanol–water partition coefficient (Wildman–Crippen LogP) is 0.0890. The highest BCUT2D eigenvalue weighted by Gasteiger charge is 2.03. The Kier molecular flexibility index (Phi) is 5.35. The smallest absolute Gasteiger partial charge is 0.328 e. The molecule has 1 amide bonds. The van der Waals surface area contributed by atoms with Crippen molar-refractivity contribution in [3.8, 4) is 0 Å². The van der Waals surface area contributed by atoms with Crippen LogP contribution >= 0.6 is 0 Å². The van der Waals surface area contributed by atoms with E-state index >= 15 is 0 Å². The van der Waals surface area contributed by atoms with Crippen LogP contribution in [0.3, 0.4) is 0 Å². The van der Waals surface area contributed by atoms with E-state index in [1.165, 1.54) is 16.8 Å². The van der Waals surface area contributed by atoms with Crippen LogP contribution in [0.4, 0.5) is 0 Å². The molecule has 6 nitrogen and oxygen atoms in total. The van der Waals surface area contributed by atoms with E-state index in [4.69, 9.17) is 0 Å². The number of nitrogens with one attached hydrogen (secondary N) is 2. The van der Waals surface area contributed by atoms with Crippen LogP contribution in [-0.2, 0) is 11.3 Å². The first-order chi connectivity index (χ1) is 8.49. The third kappa shape index (κ3) is 4.99. The van der Waals surface area contributed by atoms with Crippen LogP contribution < -0.4 is 16.6 Å². The summed E-state index contributed by atoms with van der Waals surface area (Å²) in [5.41, 5.74) is -0.921. The van der Waals surface area contributed by atoms with Gasteiger partial charge in [0.1, 0.15) is 0 Å². The maximum Gasteiger partial charge on any atom is 0.328 e. The summed E-state index contributed by atoms with van der Waals surface area (Å²) < 4.78 is 1.31. The van der Waals surface area contributed by atoms with Crippen LogP contribution in [0.25, 0.3) is 0 Å². The lowest BCUT2D eigenvalue weighted by Gasteiger charge is -2.07. The van der Waals surface area contributed by atoms with Crippen LogP contribution in [0.5, 0.6) is 0 Å². The van der Waals surface area contributed by atoms with Crippen molar-refractivity contribution in [3.05, 3.63) is 33.1 Å². The zero-order chi connectivity index (χ0) is 13.5. The van der Waals surface area contributed by atoms with Crippen molar-refractivity contribution < 1.29 is 4.79 Å². The first-order valence-corrected chi connectivity index (χ1v) is 6.05. The van der Waals surface area contributed by atoms with Gasteiger partial charge in [0.2, 0.25) is 5.91 Å². The first kappa shape index (κ1) is 14.2. The molecule has 0 spiro atoms. The van der Waals surface area contributed by atoms with Gasteiger partial charge in [-0.25, -0.2) is 4.79 Å². The third-order valence-corrected chi connectivity index (χ3v) is 2.52. The molecule has 0 radical (unpaired) electrons. The fraction of sp³-hybridized carbons (Fsp3) is 0.583. The largest absolute Gasteiger partial charge is 0.356 e. The van der Waals surface area contributed by atoms with Gasteiger partial charge in [-0.3, -0.25) is 14.6 Å². The second kappa shape index (κ2) is 6.78. The van der Waals surface area contributed by atoms with Gasteiger partial charge >= 0.3 is 5.69 Å². The van der Waals surface area contributed by atoms with Gasteiger partial charge in [0.15, 0.2) is 0 Å². The monoisotopic (exact) mass is 253 g/mol. The summed E-state index contributed by atoms with van der Waals surface area (Å²) in [7, 11) is 0. The van der Waals surface area contributed by atoms with Crippen molar-refractivity contribution in [1.29, 1.82) is 0 Å². The van der Waals surface area contributed by atoms with E-state index in [0.29, 0.717) is 12.5 Å². The van der Waals surface area contributed by atoms with Crippen LogP contribution in [0.1, 0.15) is 26.7 Å². The van der Waals surface area contributed by atoms with Crippen LogP contribution in [0.2, 0.25) is 0 Å². The highest BCUT2D eigenvalue weighted by atomic mass is 16.2. The Bertz CT molecular complexity index is 502. The van der Waals surface area contributed by atoms with E-state index in [2.05, 4.69) is 24.1 Å². The summed E-state index contributed by atoms with van der Waals surface area (Å²) in [5, 5.41) is 2.79. The van der Waals surface area contributed by atoms with E-state index < -0.39 is 11.2 Å². The number of aromatic nitrogens is 2. The number of H-pyrrole nitrogens is 1. The van der Waals surface area contributed by atoms with Gasteiger partial charge in [0, 0.05) is 31.8 Å². The Hall–Kier alpha value is -1.85. The molecule has 0 atom stereocenters. The first-order valence-electron chi connectivity index (χ1n) is 6.05. The van der Waals surface area contributed by atoms with Gasteiger partial charge in [-0.1, -0.05) is 13.8 Å². The minimum Gasteiger partial charge on any atom is -0.356 e. The number of aromatic amines is 1. The van der Waals surface area contributed by atoms with Gasteiger partial charge in [0.05, 0.1) is 0 Å². The van der Waals surface area contributed by atoms with Gasteiger partial charge in [-0.05, 0) is 12.3 Å². The molecule has 0 aromatic carbocycles. The van der Waals surface area contributed by atoms with E-state index in [9.17, 15) is 14.4 Å². The second-order valence-corrected chi connectivity index (χ2v) is 4.59. The Balaban J connectivity index is 2.38. The second-order valence-electron chi connectivity index (χ2n) is 4.59. The molecule has 1 aromatic heterocycles. The summed E-state index contributed by atoms with van der Waals surface area (Å²) in [6.45, 7) is 5.10. The topological polar surface area (TPSA) is 84.0 Å². The third-order valence-electron chi connectivity index (χ3n) is 2.52. The molecule has 1 aromatic rings. The fourth-order valence-corrected chi connectivity index (χ4v) is 1.43. The molecule has 18 heavy (non-hydrogen) atoms. The number of carbonyl (C=O) groups is 1. The molecule has 0 aliphatic rings. The average Bonchev–Trinajstić information content (AvgIpc) is 2.27. The molecule has 0 saturated carbocycles. The Morgan fingerprint density at radius 1 is 1.44 bits per heavy atom. The summed E-state index contributed by atoms with van der Waals surface area (Å²) in [6.07, 6.45) is 2.55. The highest BCUT2D eigenvalue weighted by Crippen LogP contribution is 1.96. The minimum absolute atomic E-state index is 0.0891. The standard InChI is InChI=1S/C12H19N3O3/c1-9(2)3-6-13-10(16)4-7-15-8-5-11(17)14-12(15)18/h5,8-9H,3-4,6-7H2,1-2H3,(H,13,16)(H,14,17,18). The van der Waals surface area contributed by atoms with Crippen molar-refractivity contribution in [1.82, 2.24) is 14.9 Å². The zero-order valence-electron chi connectivity index (χ0n) is 10.7. The molecule has 0 fully saturated rings. The number of hydrogen-bond donors (Lipinski definition) is 2. The summed E-state index contributed by atoms with van der Waals surface area (Å²) in [5.74, 6) is 0.459. The number of rotatable bonds is 6. The molecule has 2 N–H and O–H groups in total. The highest BCUT2D eigenvalue weighted by molar-refractivity contribution is 5.75. The summed E-state index contributed by atoms with van der Waals surface area (Å²) in [4.78, 5) is 35.8. The summed E-state index contributed by atoms with van der Waals surface area (Å²) in [6, 6.07) is 1.26. The van der Waals surface area contributed by atoms with Crippen LogP contribution in [0, 0.1) is 5.92 Å². The number of carbonyl (C=O) groups excluding carboxylic acids is 1. The lowest BCUT2D eigenvalue weighted by Crippen LogP contribution is -2.31. The van der Waals surface area contributed by atoms with E-state index in [0.717, 1.165) is 6.42 Å². The number of amides is 1. The van der Waals surface area contributed by atoms with Crippen molar-refractivity contribution in [2.75, 3.05) is 6.54 Å². The van der Waals surface area contributed by atoms with Gasteiger partial charge in [-0.15, -0.1) is 0 Å². The zero-order valence-corrected chi connectivity index (χ0v) is 10.7. The van der Waals surface area contributed by atoms with Crippen LogP contribution in [-0.4, -0.2) is 22.0 Å². The van der Waals surface area contributed by atoms with E-state index in [1.54, 1.807) is 0 Å². The molecule has 0 bridgehead atoms. The quantitative estimate of drug-likeness (QED) is 0.753. The van der Waals surface area contributed by atoms with Gasteiger partial charge in [0.25, 0.3) is 5.56 Å². The molecular formula is C12H19N3O3. The lowest BCUT2D eigenvalue weighted by molar-refractivity contribution is -0.121. The fourth-order valence-electron chi connectivity index (χ4n) is 1.43. The number of aryl methyl sites for hydroxylation is 1. The van der Waals surface area contributed by atoms with Crippen molar-refractivity contribution in [2.45, 2.75) is 33.2 Å². The lowest BCUT2D eigenvalue weighted by atomic mass is 10.1. The average molecular weight is 253 g/mol. The Morgan fingerprint density at radius 2 is 2.17 bits per heavy atom. The molecule has 0 saturated heterocycles. The number of nitrogens with zero attached hydrogens (tertiary/aromatic N) is 1. The van der Waals surface area contributed by atoms with Gasteiger partial charge < -0.3 is 9.88 Å². The van der Waals surface area contributed by atoms with Crippen LogP contribution in [0.15, 0.2) is 21.9 Å². The predicted molar refractivity (Wildman–Crippen MR) is 68.4 cm³/mol. The van der Waals surface area contributed by atoms with Crippen molar-refractivity contribution in [2.24, 2.45) is 5.92 Å². The van der Waals surface area contributed by atoms with Crippen molar-refractivity contribution in [3.63, 3.8) is 0 Å². The molecule has 1 heterocycles. The SMILES string of the molecule is CC(C)CCNC(=O)CCn1ccc(=O)[nH]c1=O. The number of hydrogen-bond acceptors (Lipinski definition) is 3. The molecule has 100 valence electrons. The van der Waals surface area contributed by atoms with E-state index in [1.807, 2.05) is 0 Å². The molecule has 0 unspecified atom stereocenters. The Morgan fingerprint density at radius 3 is 2.78 bits per heavy atom.